The van der Waals surface area contributed by atoms with Gasteiger partial charge in [-0.05, 0) is 19.8 Å². The highest BCUT2D eigenvalue weighted by molar-refractivity contribution is 5.69. The number of ether oxygens (including phenoxy) is 3. The summed E-state index contributed by atoms with van der Waals surface area (Å²) < 4.78 is 17.0. The molecule has 48 heavy (non-hydrogen) atoms. The third kappa shape index (κ3) is 36.9. The van der Waals surface area contributed by atoms with Crippen LogP contribution in [0.1, 0.15) is 201 Å². The molecule has 0 saturated heterocycles. The number of allylic oxidation sites excluding steroid dienone is 5. The molecule has 0 aliphatic carbocycles. The fraction of sp³-hybridized carbons (Fsp3) is 0.814. The third-order valence-corrected chi connectivity index (χ3v) is 8.92. The maximum Gasteiger partial charge on any atom is 0.305 e. The molecule has 0 aliphatic heterocycles. The molecular weight excluding hydrogens is 596 g/mol. The van der Waals surface area contributed by atoms with Gasteiger partial charge in [0.25, 0.3) is 0 Å². The van der Waals surface area contributed by atoms with Gasteiger partial charge in [0.05, 0.1) is 6.61 Å². The average molecular weight is 675 g/mol. The summed E-state index contributed by atoms with van der Waals surface area (Å²) in [5.74, 6) is -0.399. The number of carbonyl (C=O) groups excluding carboxylic acids is 2. The normalized spacial score (nSPS) is 11.9. The molecule has 0 fully saturated rings. The largest absolute Gasteiger partial charge is 0.463 e. The van der Waals surface area contributed by atoms with E-state index in [9.17, 15) is 9.59 Å². The van der Waals surface area contributed by atoms with Gasteiger partial charge in [-0.1, -0.05) is 204 Å². The van der Waals surface area contributed by atoms with E-state index < -0.39 is 6.10 Å². The van der Waals surface area contributed by atoms with Crippen molar-refractivity contribution in [1.82, 2.24) is 0 Å². The molecule has 0 radical (unpaired) electrons. The summed E-state index contributed by atoms with van der Waals surface area (Å²) in [6, 6.07) is 0. The highest BCUT2D eigenvalue weighted by atomic mass is 16.6. The molecule has 0 unspecified atom stereocenters. The highest BCUT2D eigenvalue weighted by Crippen LogP contribution is 2.15. The van der Waals surface area contributed by atoms with Crippen LogP contribution in [0.25, 0.3) is 0 Å². The molecule has 0 spiro atoms. The van der Waals surface area contributed by atoms with Crippen LogP contribution in [-0.2, 0) is 23.8 Å². The fourth-order valence-corrected chi connectivity index (χ4v) is 5.80. The lowest BCUT2D eigenvalue weighted by atomic mass is 10.0. The minimum absolute atomic E-state index is 0.103. The monoisotopic (exact) mass is 675 g/mol. The van der Waals surface area contributed by atoms with Gasteiger partial charge in [-0.15, -0.1) is 0 Å². The Morgan fingerprint density at radius 3 is 1.15 bits per heavy atom. The van der Waals surface area contributed by atoms with Crippen molar-refractivity contribution in [3.05, 3.63) is 36.5 Å². The molecule has 5 nitrogen and oxygen atoms in total. The van der Waals surface area contributed by atoms with Crippen molar-refractivity contribution in [1.29, 1.82) is 0 Å². The Balaban J connectivity index is 4.10. The Bertz CT molecular complexity index is 725. The maximum absolute atomic E-state index is 12.4. The van der Waals surface area contributed by atoms with Gasteiger partial charge < -0.3 is 14.2 Å². The minimum atomic E-state index is -0.472. The van der Waals surface area contributed by atoms with Crippen LogP contribution in [0.15, 0.2) is 36.5 Å². The summed E-state index contributed by atoms with van der Waals surface area (Å²) in [6.07, 6.45) is 45.2. The Morgan fingerprint density at radius 1 is 0.458 bits per heavy atom. The number of unbranched alkanes of at least 4 members (excludes halogenated alkanes) is 24. The molecular formula is C43H78O5. The van der Waals surface area contributed by atoms with Crippen molar-refractivity contribution in [2.75, 3.05) is 19.8 Å². The molecule has 0 amide bonds. The predicted octanol–water partition coefficient (Wildman–Crippen LogP) is 13.1. The summed E-state index contributed by atoms with van der Waals surface area (Å²) in [5, 5.41) is 0. The van der Waals surface area contributed by atoms with E-state index in [4.69, 9.17) is 14.2 Å². The van der Waals surface area contributed by atoms with Gasteiger partial charge in [0.2, 0.25) is 0 Å². The predicted molar refractivity (Wildman–Crippen MR) is 205 cm³/mol. The lowest BCUT2D eigenvalue weighted by Gasteiger charge is -2.17. The lowest BCUT2D eigenvalue weighted by Crippen LogP contribution is -2.28. The Labute approximate surface area is 298 Å². The van der Waals surface area contributed by atoms with Crippen LogP contribution in [0, 0.1) is 0 Å². The molecule has 0 aliphatic rings. The van der Waals surface area contributed by atoms with Gasteiger partial charge in [0.15, 0.2) is 0 Å². The molecule has 0 atom stereocenters. The molecule has 0 aromatic heterocycles. The minimum Gasteiger partial charge on any atom is -0.463 e. The van der Waals surface area contributed by atoms with Crippen molar-refractivity contribution in [2.45, 2.75) is 207 Å². The Kier molecular flexibility index (Phi) is 38.0. The van der Waals surface area contributed by atoms with Gasteiger partial charge in [-0.3, -0.25) is 9.59 Å². The standard InChI is InChI=1S/C43H78O5/c1-4-7-10-13-16-18-20-22-24-26-28-30-33-36-42(44)47-39-41(46-38-35-32-15-12-9-6-3)40-48-43(45)37-34-31-29-27-25-23-21-19-17-14-11-8-5-2/h6,9,12,15,32,35,41H,4-5,7-8,10-11,13-14,16-31,33-34,36-40H2,1-3H3/b9-6+,15-12+,35-32+. The van der Waals surface area contributed by atoms with E-state index in [0.29, 0.717) is 19.4 Å². The molecule has 0 saturated carbocycles. The van der Waals surface area contributed by atoms with E-state index in [1.54, 1.807) is 0 Å². The Morgan fingerprint density at radius 2 is 0.792 bits per heavy atom. The summed E-state index contributed by atoms with van der Waals surface area (Å²) in [4.78, 5) is 24.8. The highest BCUT2D eigenvalue weighted by Gasteiger charge is 2.15. The summed E-state index contributed by atoms with van der Waals surface area (Å²) in [7, 11) is 0. The van der Waals surface area contributed by atoms with Crippen LogP contribution in [0.4, 0.5) is 0 Å². The molecule has 280 valence electrons. The zero-order chi connectivity index (χ0) is 35.0. The van der Waals surface area contributed by atoms with Gasteiger partial charge in [-0.2, -0.15) is 0 Å². The number of carbonyl (C=O) groups is 2. The van der Waals surface area contributed by atoms with E-state index in [2.05, 4.69) is 13.8 Å². The maximum atomic E-state index is 12.4. The van der Waals surface area contributed by atoms with E-state index >= 15 is 0 Å². The second kappa shape index (κ2) is 39.6. The first-order valence-corrected chi connectivity index (χ1v) is 20.5. The van der Waals surface area contributed by atoms with Gasteiger partial charge in [0.1, 0.15) is 19.3 Å². The quantitative estimate of drug-likeness (QED) is 0.0373. The number of hydrogen-bond donors (Lipinski definition) is 0. The summed E-state index contributed by atoms with van der Waals surface area (Å²) in [6.45, 7) is 7.07. The van der Waals surface area contributed by atoms with Crippen LogP contribution >= 0.6 is 0 Å². The van der Waals surface area contributed by atoms with Crippen LogP contribution in [-0.4, -0.2) is 37.9 Å². The smallest absolute Gasteiger partial charge is 0.305 e. The SMILES string of the molecule is C/C=C/C=C/C=C/COC(COC(=O)CCCCCCCCCCCCCCC)COC(=O)CCCCCCCCCCCCCCC. The first-order chi connectivity index (χ1) is 23.6. The zero-order valence-electron chi connectivity index (χ0n) is 32.0. The average Bonchev–Trinajstić information content (AvgIpc) is 3.09. The number of hydrogen-bond acceptors (Lipinski definition) is 5. The molecule has 0 aromatic rings. The van der Waals surface area contributed by atoms with Crippen LogP contribution in [0.2, 0.25) is 0 Å². The van der Waals surface area contributed by atoms with E-state index in [1.807, 2.05) is 43.4 Å². The van der Waals surface area contributed by atoms with Crippen molar-refractivity contribution in [2.24, 2.45) is 0 Å². The van der Waals surface area contributed by atoms with Gasteiger partial charge in [-0.25, -0.2) is 0 Å². The fourth-order valence-electron chi connectivity index (χ4n) is 5.80. The molecule has 0 rings (SSSR count). The Hall–Kier alpha value is -1.88. The molecule has 0 N–H and O–H groups in total. The lowest BCUT2D eigenvalue weighted by molar-refractivity contribution is -0.154. The molecule has 0 heterocycles. The first-order valence-electron chi connectivity index (χ1n) is 20.5. The van der Waals surface area contributed by atoms with Crippen molar-refractivity contribution in [3.63, 3.8) is 0 Å². The van der Waals surface area contributed by atoms with Crippen molar-refractivity contribution in [3.8, 4) is 0 Å². The van der Waals surface area contributed by atoms with Gasteiger partial charge in [0, 0.05) is 12.8 Å². The first kappa shape index (κ1) is 46.1. The summed E-state index contributed by atoms with van der Waals surface area (Å²) in [5.41, 5.74) is 0. The molecule has 5 heteroatoms. The number of esters is 2. The number of rotatable bonds is 37. The molecule has 0 aromatic carbocycles. The van der Waals surface area contributed by atoms with Crippen molar-refractivity contribution >= 4 is 11.9 Å². The van der Waals surface area contributed by atoms with Crippen LogP contribution in [0.5, 0.6) is 0 Å². The van der Waals surface area contributed by atoms with Crippen LogP contribution < -0.4 is 0 Å². The summed E-state index contributed by atoms with van der Waals surface area (Å²) >= 11 is 0. The third-order valence-electron chi connectivity index (χ3n) is 8.92. The van der Waals surface area contributed by atoms with E-state index in [1.165, 1.54) is 141 Å². The second-order valence-electron chi connectivity index (χ2n) is 13.6. The zero-order valence-corrected chi connectivity index (χ0v) is 32.0. The topological polar surface area (TPSA) is 61.8 Å². The van der Waals surface area contributed by atoms with E-state index in [0.717, 1.165) is 25.7 Å². The van der Waals surface area contributed by atoms with Gasteiger partial charge >= 0.3 is 11.9 Å². The second-order valence-corrected chi connectivity index (χ2v) is 13.6. The van der Waals surface area contributed by atoms with E-state index in [-0.39, 0.29) is 25.2 Å². The van der Waals surface area contributed by atoms with Crippen LogP contribution in [0.3, 0.4) is 0 Å². The van der Waals surface area contributed by atoms with Crippen molar-refractivity contribution < 1.29 is 23.8 Å². The molecule has 0 bridgehead atoms.